The van der Waals surface area contributed by atoms with E-state index in [9.17, 15) is 14.4 Å². The number of carbonyl (C=O) groups excluding carboxylic acids is 3. The summed E-state index contributed by atoms with van der Waals surface area (Å²) in [7, 11) is 0. The van der Waals surface area contributed by atoms with E-state index in [0.29, 0.717) is 19.4 Å². The van der Waals surface area contributed by atoms with Gasteiger partial charge in [-0.15, -0.1) is 0 Å². The zero-order chi connectivity index (χ0) is 19.2. The molecule has 7 nitrogen and oxygen atoms in total. The summed E-state index contributed by atoms with van der Waals surface area (Å²) in [5, 5.41) is 2.93. The molecule has 1 unspecified atom stereocenters. The fourth-order valence-corrected chi connectivity index (χ4v) is 3.43. The zero-order valence-corrected chi connectivity index (χ0v) is 16.2. The fourth-order valence-electron chi connectivity index (χ4n) is 3.43. The first-order chi connectivity index (χ1) is 12.2. The van der Waals surface area contributed by atoms with Crippen molar-refractivity contribution in [1.82, 2.24) is 10.2 Å². The summed E-state index contributed by atoms with van der Waals surface area (Å²) in [6.45, 7) is 6.03. The van der Waals surface area contributed by atoms with Gasteiger partial charge in [0.05, 0.1) is 5.92 Å². The fraction of sp³-hybridized carbons (Fsp3) is 0.842. The first kappa shape index (κ1) is 20.5. The van der Waals surface area contributed by atoms with Gasteiger partial charge in [-0.2, -0.15) is 0 Å². The lowest BCUT2D eigenvalue weighted by Crippen LogP contribution is -2.45. The van der Waals surface area contributed by atoms with Crippen LogP contribution in [0.4, 0.5) is 4.79 Å². The first-order valence-electron chi connectivity index (χ1n) is 9.68. The Morgan fingerprint density at radius 1 is 1.04 bits per heavy atom. The topological polar surface area (TPSA) is 84.9 Å². The van der Waals surface area contributed by atoms with Gasteiger partial charge in [0.1, 0.15) is 5.60 Å². The lowest BCUT2D eigenvalue weighted by Gasteiger charge is -2.33. The molecule has 0 aromatic carbocycles. The third-order valence-electron chi connectivity index (χ3n) is 4.72. The number of likely N-dealkylation sites (tertiary alicyclic amines) is 1. The molecule has 0 bridgehead atoms. The minimum Gasteiger partial charge on any atom is -0.455 e. The molecular formula is C19H32N2O5. The van der Waals surface area contributed by atoms with E-state index >= 15 is 0 Å². The Balaban J connectivity index is 1.74. The normalized spacial score (nSPS) is 21.8. The predicted molar refractivity (Wildman–Crippen MR) is 96.5 cm³/mol. The maximum absolute atomic E-state index is 12.3. The molecule has 148 valence electrons. The SMILES string of the molecule is CC(C)(C)OC(=O)N1CCCC(C(=O)OCC(=O)NC2CCCCC2)C1. The number of rotatable bonds is 4. The summed E-state index contributed by atoms with van der Waals surface area (Å²) in [4.78, 5) is 37.9. The van der Waals surface area contributed by atoms with Crippen LogP contribution in [0, 0.1) is 5.92 Å². The van der Waals surface area contributed by atoms with Gasteiger partial charge in [-0.3, -0.25) is 9.59 Å². The third kappa shape index (κ3) is 6.84. The molecule has 1 saturated heterocycles. The Labute approximate surface area is 155 Å². The van der Waals surface area contributed by atoms with Crippen molar-refractivity contribution in [2.24, 2.45) is 5.92 Å². The monoisotopic (exact) mass is 368 g/mol. The molecule has 1 heterocycles. The van der Waals surface area contributed by atoms with Crippen LogP contribution in [0.2, 0.25) is 0 Å². The van der Waals surface area contributed by atoms with Crippen LogP contribution in [0.25, 0.3) is 0 Å². The van der Waals surface area contributed by atoms with E-state index in [1.54, 1.807) is 4.90 Å². The maximum Gasteiger partial charge on any atom is 0.410 e. The van der Waals surface area contributed by atoms with Crippen molar-refractivity contribution in [1.29, 1.82) is 0 Å². The molecule has 1 N–H and O–H groups in total. The van der Waals surface area contributed by atoms with Crippen molar-refractivity contribution >= 4 is 18.0 Å². The smallest absolute Gasteiger partial charge is 0.410 e. The minimum absolute atomic E-state index is 0.201. The van der Waals surface area contributed by atoms with E-state index < -0.39 is 23.6 Å². The number of hydrogen-bond acceptors (Lipinski definition) is 5. The van der Waals surface area contributed by atoms with E-state index in [0.717, 1.165) is 25.7 Å². The van der Waals surface area contributed by atoms with Gasteiger partial charge in [0, 0.05) is 19.1 Å². The van der Waals surface area contributed by atoms with Crippen LogP contribution in [-0.4, -0.2) is 54.2 Å². The predicted octanol–water partition coefficient (Wildman–Crippen LogP) is 2.63. The summed E-state index contributed by atoms with van der Waals surface area (Å²) in [5.74, 6) is -1.07. The summed E-state index contributed by atoms with van der Waals surface area (Å²) in [6, 6.07) is 0.201. The van der Waals surface area contributed by atoms with Gasteiger partial charge in [0.15, 0.2) is 6.61 Å². The largest absolute Gasteiger partial charge is 0.455 e. The standard InChI is InChI=1S/C19H32N2O5/c1-19(2,3)26-18(24)21-11-7-8-14(12-21)17(23)25-13-16(22)20-15-9-5-4-6-10-15/h14-15H,4-13H2,1-3H3,(H,20,22). The molecular weight excluding hydrogens is 336 g/mol. The van der Waals surface area contributed by atoms with Gasteiger partial charge >= 0.3 is 12.1 Å². The molecule has 0 aromatic heterocycles. The van der Waals surface area contributed by atoms with Crippen molar-refractivity contribution in [2.45, 2.75) is 77.4 Å². The molecule has 1 aliphatic heterocycles. The first-order valence-corrected chi connectivity index (χ1v) is 9.68. The molecule has 26 heavy (non-hydrogen) atoms. The summed E-state index contributed by atoms with van der Waals surface area (Å²) in [5.41, 5.74) is -0.568. The average Bonchev–Trinajstić information content (AvgIpc) is 2.59. The lowest BCUT2D eigenvalue weighted by atomic mass is 9.95. The van der Waals surface area contributed by atoms with Gasteiger partial charge in [0.25, 0.3) is 5.91 Å². The minimum atomic E-state index is -0.568. The Bertz CT molecular complexity index is 509. The van der Waals surface area contributed by atoms with Crippen molar-refractivity contribution < 1.29 is 23.9 Å². The molecule has 7 heteroatoms. The second-order valence-corrected chi connectivity index (χ2v) is 8.28. The van der Waals surface area contributed by atoms with E-state index in [1.165, 1.54) is 6.42 Å². The van der Waals surface area contributed by atoms with Crippen molar-refractivity contribution in [2.75, 3.05) is 19.7 Å². The number of nitrogens with zero attached hydrogens (tertiary/aromatic N) is 1. The summed E-state index contributed by atoms with van der Waals surface area (Å²) >= 11 is 0. The van der Waals surface area contributed by atoms with Crippen LogP contribution >= 0.6 is 0 Å². The number of carbonyl (C=O) groups is 3. The number of ether oxygens (including phenoxy) is 2. The van der Waals surface area contributed by atoms with E-state index in [4.69, 9.17) is 9.47 Å². The average molecular weight is 368 g/mol. The Morgan fingerprint density at radius 2 is 1.73 bits per heavy atom. The Morgan fingerprint density at radius 3 is 2.38 bits per heavy atom. The molecule has 2 aliphatic rings. The maximum atomic E-state index is 12.3. The van der Waals surface area contributed by atoms with Crippen molar-refractivity contribution in [3.8, 4) is 0 Å². The number of esters is 1. The second-order valence-electron chi connectivity index (χ2n) is 8.28. The number of hydrogen-bond donors (Lipinski definition) is 1. The number of nitrogens with one attached hydrogen (secondary N) is 1. The summed E-state index contributed by atoms with van der Waals surface area (Å²) in [6.07, 6.45) is 6.43. The zero-order valence-electron chi connectivity index (χ0n) is 16.2. The van der Waals surface area contributed by atoms with Crippen molar-refractivity contribution in [3.05, 3.63) is 0 Å². The Hall–Kier alpha value is -1.79. The van der Waals surface area contributed by atoms with Crippen molar-refractivity contribution in [3.63, 3.8) is 0 Å². The van der Waals surface area contributed by atoms with Crippen LogP contribution in [-0.2, 0) is 19.1 Å². The second kappa shape index (κ2) is 9.24. The van der Waals surface area contributed by atoms with Crippen LogP contribution in [0.5, 0.6) is 0 Å². The van der Waals surface area contributed by atoms with Gasteiger partial charge in [-0.05, 0) is 46.5 Å². The van der Waals surface area contributed by atoms with E-state index in [1.807, 2.05) is 20.8 Å². The molecule has 2 rings (SSSR count). The van der Waals surface area contributed by atoms with Crippen LogP contribution in [0.1, 0.15) is 65.7 Å². The highest BCUT2D eigenvalue weighted by Gasteiger charge is 2.32. The van der Waals surface area contributed by atoms with Crippen LogP contribution < -0.4 is 5.32 Å². The highest BCUT2D eigenvalue weighted by atomic mass is 16.6. The highest BCUT2D eigenvalue weighted by molar-refractivity contribution is 5.81. The molecule has 0 radical (unpaired) electrons. The van der Waals surface area contributed by atoms with Gasteiger partial charge < -0.3 is 19.7 Å². The van der Waals surface area contributed by atoms with Crippen LogP contribution in [0.15, 0.2) is 0 Å². The molecule has 1 atom stereocenters. The molecule has 0 spiro atoms. The third-order valence-corrected chi connectivity index (χ3v) is 4.72. The lowest BCUT2D eigenvalue weighted by molar-refractivity contribution is -0.154. The van der Waals surface area contributed by atoms with E-state index in [-0.39, 0.29) is 25.1 Å². The van der Waals surface area contributed by atoms with Crippen LogP contribution in [0.3, 0.4) is 0 Å². The molecule has 2 fully saturated rings. The van der Waals surface area contributed by atoms with Gasteiger partial charge in [-0.1, -0.05) is 19.3 Å². The molecule has 1 saturated carbocycles. The molecule has 1 aliphatic carbocycles. The van der Waals surface area contributed by atoms with E-state index in [2.05, 4.69) is 5.32 Å². The molecule has 0 aromatic rings. The van der Waals surface area contributed by atoms with Gasteiger partial charge in [-0.25, -0.2) is 4.79 Å². The van der Waals surface area contributed by atoms with Gasteiger partial charge in [0.2, 0.25) is 0 Å². The molecule has 2 amide bonds. The highest BCUT2D eigenvalue weighted by Crippen LogP contribution is 2.21. The number of amides is 2. The Kier molecular flexibility index (Phi) is 7.29. The summed E-state index contributed by atoms with van der Waals surface area (Å²) < 4.78 is 10.5. The number of piperidine rings is 1. The quantitative estimate of drug-likeness (QED) is 0.771.